The molecule has 1 aromatic carbocycles. The number of rotatable bonds is 12. The second-order valence-electron chi connectivity index (χ2n) is 6.82. The average Bonchev–Trinajstić information content (AvgIpc) is 2.62. The fourth-order valence-electron chi connectivity index (χ4n) is 2.62. The molecule has 0 aliphatic rings. The maximum atomic E-state index is 12.5. The molecule has 0 unspecified atom stereocenters. The molecule has 0 aliphatic heterocycles. The third-order valence-electron chi connectivity index (χ3n) is 4.17. The van der Waals surface area contributed by atoms with Gasteiger partial charge >= 0.3 is 5.97 Å². The number of carbonyl (C=O) groups is 2. The van der Waals surface area contributed by atoms with Gasteiger partial charge in [-0.25, -0.2) is 0 Å². The summed E-state index contributed by atoms with van der Waals surface area (Å²) in [5.41, 5.74) is 2.48. The maximum absolute atomic E-state index is 12.5. The molecule has 146 valence electrons. The SMILES string of the molecule is COC(=O)CCN(CCCOC(C)C)C(=O)CCCc1ccc(C)cc1. The molecule has 0 saturated heterocycles. The van der Waals surface area contributed by atoms with Gasteiger partial charge < -0.3 is 14.4 Å². The van der Waals surface area contributed by atoms with Gasteiger partial charge in [0.05, 0.1) is 19.6 Å². The van der Waals surface area contributed by atoms with Crippen molar-refractivity contribution in [3.05, 3.63) is 35.4 Å². The van der Waals surface area contributed by atoms with Crippen molar-refractivity contribution in [1.82, 2.24) is 4.90 Å². The van der Waals surface area contributed by atoms with Crippen LogP contribution in [0.15, 0.2) is 24.3 Å². The Morgan fingerprint density at radius 3 is 2.35 bits per heavy atom. The average molecular weight is 363 g/mol. The second-order valence-corrected chi connectivity index (χ2v) is 6.82. The Balaban J connectivity index is 2.44. The van der Waals surface area contributed by atoms with E-state index in [0.717, 1.165) is 19.3 Å². The Morgan fingerprint density at radius 1 is 1.04 bits per heavy atom. The van der Waals surface area contributed by atoms with Gasteiger partial charge in [-0.3, -0.25) is 9.59 Å². The lowest BCUT2D eigenvalue weighted by molar-refractivity contribution is -0.141. The van der Waals surface area contributed by atoms with Crippen LogP contribution in [-0.4, -0.2) is 49.7 Å². The Morgan fingerprint density at radius 2 is 1.73 bits per heavy atom. The molecule has 1 amide bonds. The van der Waals surface area contributed by atoms with E-state index in [1.54, 1.807) is 4.90 Å². The largest absolute Gasteiger partial charge is 0.469 e. The number of amides is 1. The van der Waals surface area contributed by atoms with Crippen LogP contribution >= 0.6 is 0 Å². The van der Waals surface area contributed by atoms with E-state index in [1.807, 2.05) is 13.8 Å². The molecule has 0 bridgehead atoms. The third kappa shape index (κ3) is 9.56. The summed E-state index contributed by atoms with van der Waals surface area (Å²) in [4.78, 5) is 25.7. The van der Waals surface area contributed by atoms with Crippen LogP contribution in [0.1, 0.15) is 50.7 Å². The van der Waals surface area contributed by atoms with Crippen molar-refractivity contribution in [2.45, 2.75) is 59.0 Å². The molecule has 1 aromatic rings. The number of nitrogens with zero attached hydrogens (tertiary/aromatic N) is 1. The molecule has 0 radical (unpaired) electrons. The minimum Gasteiger partial charge on any atom is -0.469 e. The normalized spacial score (nSPS) is 10.8. The number of benzene rings is 1. The highest BCUT2D eigenvalue weighted by Gasteiger charge is 2.15. The van der Waals surface area contributed by atoms with E-state index in [1.165, 1.54) is 18.2 Å². The summed E-state index contributed by atoms with van der Waals surface area (Å²) in [6.07, 6.45) is 3.35. The number of hydrogen-bond donors (Lipinski definition) is 0. The summed E-state index contributed by atoms with van der Waals surface area (Å²) >= 11 is 0. The van der Waals surface area contributed by atoms with Crippen LogP contribution in [0.4, 0.5) is 0 Å². The van der Waals surface area contributed by atoms with Gasteiger partial charge in [0.25, 0.3) is 0 Å². The van der Waals surface area contributed by atoms with Crippen molar-refractivity contribution in [2.24, 2.45) is 0 Å². The molecule has 0 saturated carbocycles. The smallest absolute Gasteiger partial charge is 0.307 e. The molecular formula is C21H33NO4. The van der Waals surface area contributed by atoms with Gasteiger partial charge in [0.2, 0.25) is 5.91 Å². The molecular weight excluding hydrogens is 330 g/mol. The van der Waals surface area contributed by atoms with Crippen LogP contribution in [0.5, 0.6) is 0 Å². The fraction of sp³-hybridized carbons (Fsp3) is 0.619. The predicted octanol–water partition coefficient (Wildman–Crippen LogP) is 3.52. The molecule has 1 rings (SSSR count). The predicted molar refractivity (Wildman–Crippen MR) is 103 cm³/mol. The first kappa shape index (κ1) is 22.2. The van der Waals surface area contributed by atoms with Crippen molar-refractivity contribution in [1.29, 1.82) is 0 Å². The lowest BCUT2D eigenvalue weighted by Crippen LogP contribution is -2.34. The van der Waals surface area contributed by atoms with Crippen molar-refractivity contribution in [3.63, 3.8) is 0 Å². The molecule has 0 aliphatic carbocycles. The highest BCUT2D eigenvalue weighted by molar-refractivity contribution is 5.77. The van der Waals surface area contributed by atoms with Gasteiger partial charge in [-0.05, 0) is 45.6 Å². The molecule has 0 aromatic heterocycles. The van der Waals surface area contributed by atoms with Crippen LogP contribution in [0.25, 0.3) is 0 Å². The molecule has 0 fully saturated rings. The lowest BCUT2D eigenvalue weighted by Gasteiger charge is -2.22. The number of methoxy groups -OCH3 is 1. The summed E-state index contributed by atoms with van der Waals surface area (Å²) in [7, 11) is 1.37. The highest BCUT2D eigenvalue weighted by Crippen LogP contribution is 2.09. The molecule has 5 nitrogen and oxygen atoms in total. The Labute approximate surface area is 157 Å². The van der Waals surface area contributed by atoms with Crippen LogP contribution in [0.3, 0.4) is 0 Å². The van der Waals surface area contributed by atoms with Gasteiger partial charge in [-0.1, -0.05) is 29.8 Å². The van der Waals surface area contributed by atoms with Crippen LogP contribution in [-0.2, 0) is 25.5 Å². The van der Waals surface area contributed by atoms with E-state index >= 15 is 0 Å². The standard InChI is InChI=1S/C21H33NO4/c1-17(2)26-16-6-14-22(15-13-21(24)25-4)20(23)8-5-7-19-11-9-18(3)10-12-19/h9-12,17H,5-8,13-16H2,1-4H3. The number of hydrogen-bond acceptors (Lipinski definition) is 4. The minimum atomic E-state index is -0.291. The summed E-state index contributed by atoms with van der Waals surface area (Å²) in [5, 5.41) is 0. The summed E-state index contributed by atoms with van der Waals surface area (Å²) < 4.78 is 10.2. The van der Waals surface area contributed by atoms with E-state index in [-0.39, 0.29) is 24.4 Å². The van der Waals surface area contributed by atoms with Gasteiger partial charge in [-0.2, -0.15) is 0 Å². The van der Waals surface area contributed by atoms with Gasteiger partial charge in [0.15, 0.2) is 0 Å². The molecule has 0 spiro atoms. The first-order valence-corrected chi connectivity index (χ1v) is 9.44. The van der Waals surface area contributed by atoms with Crippen molar-refractivity contribution < 1.29 is 19.1 Å². The van der Waals surface area contributed by atoms with Gasteiger partial charge in [0, 0.05) is 26.1 Å². The van der Waals surface area contributed by atoms with Gasteiger partial charge in [0.1, 0.15) is 0 Å². The summed E-state index contributed by atoms with van der Waals surface area (Å²) in [6, 6.07) is 8.40. The zero-order valence-electron chi connectivity index (χ0n) is 16.6. The highest BCUT2D eigenvalue weighted by atomic mass is 16.5. The Kier molecular flexibility index (Phi) is 10.6. The minimum absolute atomic E-state index is 0.0885. The zero-order valence-corrected chi connectivity index (χ0v) is 16.6. The van der Waals surface area contributed by atoms with Crippen molar-refractivity contribution in [3.8, 4) is 0 Å². The van der Waals surface area contributed by atoms with E-state index < -0.39 is 0 Å². The van der Waals surface area contributed by atoms with Crippen LogP contribution < -0.4 is 0 Å². The van der Waals surface area contributed by atoms with E-state index in [9.17, 15) is 9.59 Å². The molecule has 0 heterocycles. The molecule has 0 atom stereocenters. The number of carbonyl (C=O) groups excluding carboxylic acids is 2. The van der Waals surface area contributed by atoms with Gasteiger partial charge in [-0.15, -0.1) is 0 Å². The Hall–Kier alpha value is -1.88. The van der Waals surface area contributed by atoms with Crippen molar-refractivity contribution >= 4 is 11.9 Å². The number of esters is 1. The number of ether oxygens (including phenoxy) is 2. The summed E-state index contributed by atoms with van der Waals surface area (Å²) in [6.45, 7) is 7.67. The number of aryl methyl sites for hydroxylation is 2. The fourth-order valence-corrected chi connectivity index (χ4v) is 2.62. The first-order valence-electron chi connectivity index (χ1n) is 9.44. The third-order valence-corrected chi connectivity index (χ3v) is 4.17. The van der Waals surface area contributed by atoms with Crippen LogP contribution in [0, 0.1) is 6.92 Å². The monoisotopic (exact) mass is 363 g/mol. The molecule has 0 N–H and O–H groups in total. The second kappa shape index (κ2) is 12.5. The lowest BCUT2D eigenvalue weighted by atomic mass is 10.1. The van der Waals surface area contributed by atoms with E-state index in [4.69, 9.17) is 4.74 Å². The van der Waals surface area contributed by atoms with E-state index in [2.05, 4.69) is 35.9 Å². The molecule has 5 heteroatoms. The van der Waals surface area contributed by atoms with Crippen LogP contribution in [0.2, 0.25) is 0 Å². The maximum Gasteiger partial charge on any atom is 0.307 e. The quantitative estimate of drug-likeness (QED) is 0.421. The molecule has 26 heavy (non-hydrogen) atoms. The summed E-state index contributed by atoms with van der Waals surface area (Å²) in [5.74, 6) is -0.202. The first-order chi connectivity index (χ1) is 12.4. The van der Waals surface area contributed by atoms with Crippen molar-refractivity contribution in [2.75, 3.05) is 26.8 Å². The zero-order chi connectivity index (χ0) is 19.4. The Bertz CT molecular complexity index is 539. The topological polar surface area (TPSA) is 55.8 Å². The van der Waals surface area contributed by atoms with E-state index in [0.29, 0.717) is 26.1 Å².